The number of halogens is 3. The number of alkyl halides is 3. The van der Waals surface area contributed by atoms with E-state index >= 15 is 0 Å². The van der Waals surface area contributed by atoms with Crippen molar-refractivity contribution in [3.63, 3.8) is 0 Å². The highest BCUT2D eigenvalue weighted by Gasteiger charge is 2.54. The van der Waals surface area contributed by atoms with E-state index in [1.807, 2.05) is 91.0 Å². The Morgan fingerprint density at radius 1 is 1.04 bits per heavy atom. The molecular weight excluding hydrogens is 801 g/mol. The summed E-state index contributed by atoms with van der Waals surface area (Å²) in [6.07, 6.45) is 3.44. The van der Waals surface area contributed by atoms with Crippen LogP contribution in [0.15, 0.2) is 120 Å². The second kappa shape index (κ2) is 15.5. The summed E-state index contributed by atoms with van der Waals surface area (Å²) in [4.78, 5) is 48.6. The number of hydrogen-bond acceptors (Lipinski definition) is 10. The third-order valence-electron chi connectivity index (χ3n) is 7.89. The number of nitrogens with one attached hydrogen (secondary N) is 2. The van der Waals surface area contributed by atoms with Crippen LogP contribution in [0.3, 0.4) is 0 Å². The van der Waals surface area contributed by atoms with Gasteiger partial charge in [0.2, 0.25) is 16.7 Å². The summed E-state index contributed by atoms with van der Waals surface area (Å²) in [5, 5.41) is 18.7. The fourth-order valence-electron chi connectivity index (χ4n) is 5.76. The minimum atomic E-state index is -3.36. The zero-order chi connectivity index (χ0) is 35.3. The summed E-state index contributed by atoms with van der Waals surface area (Å²) >= 11 is 4.25. The number of fused-ring (bicyclic) bond motifs is 1. The average molecular weight is 829 g/mol. The molecule has 50 heavy (non-hydrogen) atoms. The molecule has 0 aliphatic carbocycles. The number of aliphatic carboxylic acids is 1. The Labute approximate surface area is 306 Å². The van der Waals surface area contributed by atoms with E-state index in [9.17, 15) is 28.3 Å². The second-order valence-corrected chi connectivity index (χ2v) is 13.5. The quantitative estimate of drug-likeness (QED) is 0.0391. The number of amides is 2. The Hall–Kier alpha value is -4.68. The van der Waals surface area contributed by atoms with Crippen molar-refractivity contribution in [3.8, 4) is 0 Å². The Morgan fingerprint density at radius 3 is 2.14 bits per heavy atom. The number of allylic oxidation sites excluding steroid dienone is 2. The number of oxime groups is 1. The van der Waals surface area contributed by atoms with Crippen LogP contribution in [0.25, 0.3) is 0 Å². The molecule has 3 heterocycles. The monoisotopic (exact) mass is 828 g/mol. The first-order chi connectivity index (χ1) is 24.2. The Balaban J connectivity index is 1.32. The number of β-lactam (4-membered cyclic amide) rings is 1. The van der Waals surface area contributed by atoms with Gasteiger partial charge < -0.3 is 20.6 Å². The molecule has 3 N–H and O–H groups in total. The molecule has 3 aromatic carbocycles. The van der Waals surface area contributed by atoms with Crippen LogP contribution >= 0.6 is 45.9 Å². The number of carboxylic acids is 1. The molecule has 1 aromatic heterocycles. The van der Waals surface area contributed by atoms with Gasteiger partial charge in [-0.25, -0.2) is 4.79 Å². The molecule has 16 heteroatoms. The highest BCUT2D eigenvalue weighted by Crippen LogP contribution is 2.42. The van der Waals surface area contributed by atoms with Crippen molar-refractivity contribution < 1.29 is 33.1 Å². The van der Waals surface area contributed by atoms with Crippen molar-refractivity contribution in [1.29, 1.82) is 0 Å². The van der Waals surface area contributed by atoms with Crippen LogP contribution < -0.4 is 10.6 Å². The van der Waals surface area contributed by atoms with Gasteiger partial charge in [0.1, 0.15) is 22.7 Å². The van der Waals surface area contributed by atoms with Crippen molar-refractivity contribution in [2.45, 2.75) is 23.6 Å². The molecule has 11 nitrogen and oxygen atoms in total. The third kappa shape index (κ3) is 6.99. The Morgan fingerprint density at radius 2 is 1.62 bits per heavy atom. The van der Waals surface area contributed by atoms with E-state index < -0.39 is 47.1 Å². The maximum absolute atomic E-state index is 13.6. The normalized spacial score (nSPS) is 17.8. The van der Waals surface area contributed by atoms with Crippen molar-refractivity contribution >= 4 is 74.5 Å². The fraction of sp³-hybridized carbons (Fsp3) is 0.176. The van der Waals surface area contributed by atoms with Crippen LogP contribution in [0.2, 0.25) is 0 Å². The predicted octanol–water partition coefficient (Wildman–Crippen LogP) is 5.62. The summed E-state index contributed by atoms with van der Waals surface area (Å²) in [6, 6.07) is 27.7. The number of carbonyl (C=O) groups is 3. The lowest BCUT2D eigenvalue weighted by molar-refractivity contribution is -0.150. The van der Waals surface area contributed by atoms with Crippen LogP contribution in [-0.4, -0.2) is 71.1 Å². The first-order valence-electron chi connectivity index (χ1n) is 15.0. The number of carboxylic acid groups (broad SMARTS) is 1. The summed E-state index contributed by atoms with van der Waals surface area (Å²) in [6.45, 7) is -3.36. The van der Waals surface area contributed by atoms with E-state index in [-0.39, 0.29) is 22.4 Å². The van der Waals surface area contributed by atoms with Crippen molar-refractivity contribution in [2.75, 3.05) is 15.5 Å². The summed E-state index contributed by atoms with van der Waals surface area (Å²) < 4.78 is 31.3. The topological polar surface area (TPSA) is 146 Å². The van der Waals surface area contributed by atoms with Crippen LogP contribution in [0.1, 0.15) is 22.5 Å². The standard InChI is InChI=1S/C34H27F2IN6O5S2/c35-32(36)48-41-24(28(44)38-25-29(45)43-26(31(46)47)20(11-10-18-37)19-49-30(25)43)27-39-33(50-42-27)40-34(21-12-4-1-5-13-21,22-14-6-2-7-15-22)23-16-8-3-9-17-23/h1-17,25,30,32H,18-19H2,(H,38,44)(H,46,47)(H,39,40,42)/t25-,30+/m1/s1. The van der Waals surface area contributed by atoms with Crippen LogP contribution in [-0.2, 0) is 24.8 Å². The zero-order valence-electron chi connectivity index (χ0n) is 25.8. The van der Waals surface area contributed by atoms with Gasteiger partial charge >= 0.3 is 12.6 Å². The highest BCUT2D eigenvalue weighted by atomic mass is 127. The van der Waals surface area contributed by atoms with Gasteiger partial charge in [-0.3, -0.25) is 14.5 Å². The number of anilines is 1. The third-order valence-corrected chi connectivity index (χ3v) is 10.3. The van der Waals surface area contributed by atoms with E-state index in [0.29, 0.717) is 10.0 Å². The van der Waals surface area contributed by atoms with Gasteiger partial charge in [0.25, 0.3) is 11.8 Å². The summed E-state index contributed by atoms with van der Waals surface area (Å²) in [7, 11) is 0. The molecule has 256 valence electrons. The molecule has 2 atom stereocenters. The molecule has 6 rings (SSSR count). The first kappa shape index (κ1) is 35.2. The number of nitrogens with zero attached hydrogens (tertiary/aromatic N) is 4. The number of thioether (sulfide) groups is 1. The van der Waals surface area contributed by atoms with E-state index in [4.69, 9.17) is 0 Å². The number of hydrogen-bond donors (Lipinski definition) is 3. The van der Waals surface area contributed by atoms with Gasteiger partial charge in [-0.05, 0) is 22.3 Å². The van der Waals surface area contributed by atoms with Crippen molar-refractivity contribution in [1.82, 2.24) is 19.6 Å². The number of benzene rings is 3. The highest BCUT2D eigenvalue weighted by molar-refractivity contribution is 14.1. The second-order valence-electron chi connectivity index (χ2n) is 10.8. The van der Waals surface area contributed by atoms with E-state index in [1.165, 1.54) is 11.8 Å². The fourth-order valence-corrected chi connectivity index (χ4v) is 7.95. The molecule has 1 saturated heterocycles. The van der Waals surface area contributed by atoms with Crippen molar-refractivity contribution in [2.24, 2.45) is 5.16 Å². The summed E-state index contributed by atoms with van der Waals surface area (Å²) in [5.41, 5.74) is 1.19. The van der Waals surface area contributed by atoms with E-state index in [0.717, 1.165) is 33.1 Å². The van der Waals surface area contributed by atoms with Gasteiger partial charge in [-0.1, -0.05) is 131 Å². The minimum Gasteiger partial charge on any atom is -0.477 e. The van der Waals surface area contributed by atoms with E-state index in [1.54, 1.807) is 12.2 Å². The molecule has 4 aromatic rings. The van der Waals surface area contributed by atoms with E-state index in [2.05, 4.69) is 52.6 Å². The number of rotatable bonds is 13. The molecule has 0 spiro atoms. The molecule has 0 saturated carbocycles. The smallest absolute Gasteiger partial charge is 0.407 e. The van der Waals surface area contributed by atoms with Gasteiger partial charge in [-0.15, -0.1) is 11.8 Å². The van der Waals surface area contributed by atoms with Crippen molar-refractivity contribution in [3.05, 3.63) is 137 Å². The molecular formula is C34H27F2IN6O5S2. The average Bonchev–Trinajstić information content (AvgIpc) is 3.60. The van der Waals surface area contributed by atoms with Crippen LogP contribution in [0.5, 0.6) is 0 Å². The molecule has 2 aliphatic heterocycles. The molecule has 2 aliphatic rings. The Bertz CT molecular complexity index is 1870. The SMILES string of the molecule is O=C(O)C1=C(C=CCI)CS[C@H]2[C@H](NC(=O)C(=NOC(F)F)c3nsc(NC(c4ccccc4)(c4ccccc4)c4ccccc4)n3)C(=O)N12. The Kier molecular flexibility index (Phi) is 10.9. The van der Waals surface area contributed by atoms with Gasteiger partial charge in [0.05, 0.1) is 0 Å². The van der Waals surface area contributed by atoms with Gasteiger partial charge in [-0.2, -0.15) is 18.1 Å². The molecule has 0 unspecified atom stereocenters. The lowest BCUT2D eigenvalue weighted by atomic mass is 9.77. The van der Waals surface area contributed by atoms with Crippen LogP contribution in [0.4, 0.5) is 13.9 Å². The molecule has 0 bridgehead atoms. The lowest BCUT2D eigenvalue weighted by Crippen LogP contribution is -2.71. The molecule has 0 radical (unpaired) electrons. The first-order valence-corrected chi connectivity index (χ1v) is 18.3. The molecule has 1 fully saturated rings. The number of carbonyl (C=O) groups excluding carboxylic acids is 2. The number of aromatic nitrogens is 2. The minimum absolute atomic E-state index is 0.170. The predicted molar refractivity (Wildman–Crippen MR) is 194 cm³/mol. The zero-order valence-corrected chi connectivity index (χ0v) is 29.6. The van der Waals surface area contributed by atoms with Crippen LogP contribution in [0, 0.1) is 0 Å². The maximum Gasteiger partial charge on any atom is 0.407 e. The lowest BCUT2D eigenvalue weighted by Gasteiger charge is -2.49. The largest absolute Gasteiger partial charge is 0.477 e. The maximum atomic E-state index is 13.6. The summed E-state index contributed by atoms with van der Waals surface area (Å²) in [5.74, 6) is -3.05. The molecule has 2 amide bonds. The van der Waals surface area contributed by atoms with Gasteiger partial charge in [0.15, 0.2) is 0 Å². The van der Waals surface area contributed by atoms with Gasteiger partial charge in [0, 0.05) is 21.7 Å².